The first-order valence-electron chi connectivity index (χ1n) is 5.13. The summed E-state index contributed by atoms with van der Waals surface area (Å²) in [5.74, 6) is 0.955. The van der Waals surface area contributed by atoms with Crippen molar-refractivity contribution < 1.29 is 4.74 Å². The van der Waals surface area contributed by atoms with Crippen molar-refractivity contribution in [3.05, 3.63) is 11.3 Å². The Hall–Kier alpha value is -1.07. The largest absolute Gasteiger partial charge is 0.383 e. The minimum absolute atomic E-state index is 0.182. The maximum Gasteiger partial charge on any atom is 0.153 e. The van der Waals surface area contributed by atoms with Gasteiger partial charge in [-0.3, -0.25) is 0 Å². The van der Waals surface area contributed by atoms with Gasteiger partial charge in [-0.25, -0.2) is 9.97 Å². The number of likely N-dealkylation sites (N-methyl/N-ethyl adjacent to an activating group) is 1. The Labute approximate surface area is 101 Å². The first kappa shape index (κ1) is 13.0. The van der Waals surface area contributed by atoms with Gasteiger partial charge in [-0.15, -0.1) is 0 Å². The van der Waals surface area contributed by atoms with Crippen molar-refractivity contribution in [3.8, 4) is 0 Å². The Morgan fingerprint density at radius 3 is 2.81 bits per heavy atom. The number of halogens is 1. The quantitative estimate of drug-likeness (QED) is 0.852. The lowest BCUT2D eigenvalue weighted by molar-refractivity contribution is 0.181. The van der Waals surface area contributed by atoms with E-state index in [1.807, 2.05) is 18.7 Å². The van der Waals surface area contributed by atoms with Crippen LogP contribution in [0, 0.1) is 0 Å². The summed E-state index contributed by atoms with van der Waals surface area (Å²) >= 11 is 6.08. The molecule has 0 bridgehead atoms. The number of nitrogen functional groups attached to an aromatic ring is 1. The molecular weight excluding hydrogens is 228 g/mol. The van der Waals surface area contributed by atoms with Crippen molar-refractivity contribution in [1.82, 2.24) is 9.97 Å². The molecule has 1 heterocycles. The van der Waals surface area contributed by atoms with Crippen LogP contribution in [0.25, 0.3) is 0 Å². The van der Waals surface area contributed by atoms with Gasteiger partial charge in [0.1, 0.15) is 17.2 Å². The Kier molecular flexibility index (Phi) is 4.76. The van der Waals surface area contributed by atoms with Crippen LogP contribution < -0.4 is 10.6 Å². The normalized spacial score (nSPS) is 12.5. The van der Waals surface area contributed by atoms with E-state index in [2.05, 4.69) is 9.97 Å². The zero-order valence-electron chi connectivity index (χ0n) is 9.77. The van der Waals surface area contributed by atoms with Crippen LogP contribution in [0.4, 0.5) is 11.6 Å². The van der Waals surface area contributed by atoms with Crippen LogP contribution in [0.2, 0.25) is 5.02 Å². The molecule has 1 aromatic rings. The summed E-state index contributed by atoms with van der Waals surface area (Å²) in [6.45, 7) is 5.46. The molecule has 1 aromatic heterocycles. The molecule has 1 rings (SSSR count). The van der Waals surface area contributed by atoms with Crippen LogP contribution in [0.5, 0.6) is 0 Å². The molecule has 6 heteroatoms. The molecule has 2 N–H and O–H groups in total. The number of ether oxygens (including phenoxy) is 1. The summed E-state index contributed by atoms with van der Waals surface area (Å²) in [5.41, 5.74) is 5.65. The van der Waals surface area contributed by atoms with E-state index in [0.29, 0.717) is 23.3 Å². The average molecular weight is 245 g/mol. The van der Waals surface area contributed by atoms with Gasteiger partial charge in [0.25, 0.3) is 0 Å². The Bertz CT molecular complexity index is 348. The molecule has 0 aliphatic carbocycles. The first-order chi connectivity index (χ1) is 7.61. The molecule has 1 atom stereocenters. The topological polar surface area (TPSA) is 64.3 Å². The minimum atomic E-state index is 0.182. The van der Waals surface area contributed by atoms with Crippen molar-refractivity contribution in [2.75, 3.05) is 30.9 Å². The van der Waals surface area contributed by atoms with Crippen molar-refractivity contribution in [3.63, 3.8) is 0 Å². The molecule has 0 fully saturated rings. The number of anilines is 2. The van der Waals surface area contributed by atoms with Gasteiger partial charge in [0.2, 0.25) is 0 Å². The standard InChI is InChI=1S/C10H17ClN4O/c1-4-15(7(2)5-16-3)10-8(11)9(12)13-6-14-10/h6-7H,4-5H2,1-3H3,(H2,12,13,14). The summed E-state index contributed by atoms with van der Waals surface area (Å²) in [6.07, 6.45) is 1.42. The third kappa shape index (κ3) is 2.74. The second-order valence-electron chi connectivity index (χ2n) is 3.49. The molecule has 0 saturated carbocycles. The zero-order chi connectivity index (χ0) is 12.1. The Morgan fingerprint density at radius 2 is 2.25 bits per heavy atom. The van der Waals surface area contributed by atoms with Crippen LogP contribution >= 0.6 is 11.6 Å². The summed E-state index contributed by atoms with van der Waals surface area (Å²) in [7, 11) is 1.67. The number of hydrogen-bond donors (Lipinski definition) is 1. The fraction of sp³-hybridized carbons (Fsp3) is 0.600. The third-order valence-corrected chi connectivity index (χ3v) is 2.71. The highest BCUT2D eigenvalue weighted by molar-refractivity contribution is 6.35. The molecule has 0 spiro atoms. The van der Waals surface area contributed by atoms with Gasteiger partial charge < -0.3 is 15.4 Å². The lowest BCUT2D eigenvalue weighted by Gasteiger charge is -2.29. The van der Waals surface area contributed by atoms with Crippen molar-refractivity contribution in [2.45, 2.75) is 19.9 Å². The predicted octanol–water partition coefficient (Wildman–Crippen LogP) is 1.57. The summed E-state index contributed by atoms with van der Waals surface area (Å²) in [5, 5.41) is 0.396. The number of methoxy groups -OCH3 is 1. The van der Waals surface area contributed by atoms with E-state index in [1.54, 1.807) is 7.11 Å². The van der Waals surface area contributed by atoms with Gasteiger partial charge in [0.15, 0.2) is 5.82 Å². The van der Waals surface area contributed by atoms with E-state index in [0.717, 1.165) is 6.54 Å². The molecule has 5 nitrogen and oxygen atoms in total. The van der Waals surface area contributed by atoms with Gasteiger partial charge in [-0.05, 0) is 13.8 Å². The number of aromatic nitrogens is 2. The molecule has 0 amide bonds. The molecule has 90 valence electrons. The fourth-order valence-electron chi connectivity index (χ4n) is 1.58. The summed E-state index contributed by atoms with van der Waals surface area (Å²) in [6, 6.07) is 0.182. The highest BCUT2D eigenvalue weighted by Gasteiger charge is 2.18. The lowest BCUT2D eigenvalue weighted by atomic mass is 10.3. The fourth-order valence-corrected chi connectivity index (χ4v) is 1.78. The van der Waals surface area contributed by atoms with E-state index in [9.17, 15) is 0 Å². The molecule has 0 saturated heterocycles. The number of nitrogens with two attached hydrogens (primary N) is 1. The predicted molar refractivity (Wildman–Crippen MR) is 65.8 cm³/mol. The molecule has 16 heavy (non-hydrogen) atoms. The first-order valence-corrected chi connectivity index (χ1v) is 5.51. The van der Waals surface area contributed by atoms with Crippen molar-refractivity contribution >= 4 is 23.2 Å². The molecule has 0 aliphatic rings. The van der Waals surface area contributed by atoms with Crippen molar-refractivity contribution in [1.29, 1.82) is 0 Å². The molecule has 0 aromatic carbocycles. The van der Waals surface area contributed by atoms with Crippen LogP contribution in [0.1, 0.15) is 13.8 Å². The number of hydrogen-bond acceptors (Lipinski definition) is 5. The number of nitrogens with zero attached hydrogens (tertiary/aromatic N) is 3. The minimum Gasteiger partial charge on any atom is -0.383 e. The second kappa shape index (κ2) is 5.86. The summed E-state index contributed by atoms with van der Waals surface area (Å²) in [4.78, 5) is 10.0. The Balaban J connectivity index is 2.99. The monoisotopic (exact) mass is 244 g/mol. The van der Waals surface area contributed by atoms with Crippen LogP contribution in [0.3, 0.4) is 0 Å². The molecule has 0 aliphatic heterocycles. The van der Waals surface area contributed by atoms with Crippen LogP contribution in [-0.4, -0.2) is 36.3 Å². The van der Waals surface area contributed by atoms with Crippen LogP contribution in [0.15, 0.2) is 6.33 Å². The van der Waals surface area contributed by atoms with E-state index in [4.69, 9.17) is 22.1 Å². The van der Waals surface area contributed by atoms with Crippen LogP contribution in [-0.2, 0) is 4.74 Å². The van der Waals surface area contributed by atoms with E-state index < -0.39 is 0 Å². The van der Waals surface area contributed by atoms with E-state index >= 15 is 0 Å². The van der Waals surface area contributed by atoms with Crippen molar-refractivity contribution in [2.24, 2.45) is 0 Å². The molecule has 1 unspecified atom stereocenters. The maximum atomic E-state index is 6.08. The maximum absolute atomic E-state index is 6.08. The van der Waals surface area contributed by atoms with Gasteiger partial charge in [-0.2, -0.15) is 0 Å². The van der Waals surface area contributed by atoms with Gasteiger partial charge >= 0.3 is 0 Å². The summed E-state index contributed by atoms with van der Waals surface area (Å²) < 4.78 is 5.12. The number of rotatable bonds is 5. The molecular formula is C10H17ClN4O. The smallest absolute Gasteiger partial charge is 0.153 e. The van der Waals surface area contributed by atoms with Gasteiger partial charge in [0.05, 0.1) is 12.6 Å². The average Bonchev–Trinajstić information content (AvgIpc) is 2.25. The van der Waals surface area contributed by atoms with Gasteiger partial charge in [-0.1, -0.05) is 11.6 Å². The SMILES string of the molecule is CCN(c1ncnc(N)c1Cl)C(C)COC. The second-order valence-corrected chi connectivity index (χ2v) is 3.86. The highest BCUT2D eigenvalue weighted by atomic mass is 35.5. The third-order valence-electron chi connectivity index (χ3n) is 2.35. The lowest BCUT2D eigenvalue weighted by Crippen LogP contribution is -2.37. The molecule has 0 radical (unpaired) electrons. The highest BCUT2D eigenvalue weighted by Crippen LogP contribution is 2.27. The van der Waals surface area contributed by atoms with E-state index in [1.165, 1.54) is 6.33 Å². The Morgan fingerprint density at radius 1 is 1.56 bits per heavy atom. The van der Waals surface area contributed by atoms with E-state index in [-0.39, 0.29) is 6.04 Å². The van der Waals surface area contributed by atoms with Gasteiger partial charge in [0, 0.05) is 13.7 Å². The zero-order valence-corrected chi connectivity index (χ0v) is 10.5.